The smallest absolute Gasteiger partial charge is 0.124 e. The number of nitrogens with one attached hydrogen (secondary N) is 1. The van der Waals surface area contributed by atoms with Crippen LogP contribution < -0.4 is 10.1 Å². The van der Waals surface area contributed by atoms with Crippen molar-refractivity contribution in [1.82, 2.24) is 5.32 Å². The van der Waals surface area contributed by atoms with Gasteiger partial charge in [0.25, 0.3) is 0 Å². The molecule has 0 radical (unpaired) electrons. The number of aryl methyl sites for hydroxylation is 2. The molecule has 0 fully saturated rings. The molecule has 0 bridgehead atoms. The highest BCUT2D eigenvalue weighted by Crippen LogP contribution is 2.35. The summed E-state index contributed by atoms with van der Waals surface area (Å²) in [4.78, 5) is 0. The Labute approximate surface area is 139 Å². The quantitative estimate of drug-likeness (QED) is 0.816. The zero-order chi connectivity index (χ0) is 15.6. The monoisotopic (exact) mass is 367 g/mol. The summed E-state index contributed by atoms with van der Waals surface area (Å²) in [7, 11) is 3.63. The lowest BCUT2D eigenvalue weighted by molar-refractivity contribution is 0.405. The molecule has 0 aromatic heterocycles. The minimum absolute atomic E-state index is 0.0328. The molecule has 1 N–H and O–H groups in total. The molecule has 0 saturated heterocycles. The van der Waals surface area contributed by atoms with Gasteiger partial charge in [-0.25, -0.2) is 0 Å². The van der Waals surface area contributed by atoms with E-state index in [4.69, 9.17) is 16.3 Å². The molecule has 0 aliphatic carbocycles. The first-order valence-corrected chi connectivity index (χ1v) is 7.92. The van der Waals surface area contributed by atoms with Crippen molar-refractivity contribution in [3.63, 3.8) is 0 Å². The highest BCUT2D eigenvalue weighted by molar-refractivity contribution is 9.10. The summed E-state index contributed by atoms with van der Waals surface area (Å²) in [6.07, 6.45) is 0. The van der Waals surface area contributed by atoms with Crippen molar-refractivity contribution in [2.75, 3.05) is 14.2 Å². The van der Waals surface area contributed by atoms with Crippen LogP contribution in [0.15, 0.2) is 34.8 Å². The summed E-state index contributed by atoms with van der Waals surface area (Å²) < 4.78 is 6.61. The first-order chi connectivity index (χ1) is 9.97. The molecule has 2 aromatic carbocycles. The zero-order valence-electron chi connectivity index (χ0n) is 12.6. The molecule has 1 atom stereocenters. The largest absolute Gasteiger partial charge is 0.496 e. The van der Waals surface area contributed by atoms with Gasteiger partial charge in [0.15, 0.2) is 0 Å². The van der Waals surface area contributed by atoms with Crippen LogP contribution in [0.2, 0.25) is 5.02 Å². The van der Waals surface area contributed by atoms with Crippen molar-refractivity contribution >= 4 is 27.5 Å². The van der Waals surface area contributed by atoms with Crippen molar-refractivity contribution in [3.05, 3.63) is 62.1 Å². The molecule has 112 valence electrons. The maximum Gasteiger partial charge on any atom is 0.124 e. The van der Waals surface area contributed by atoms with Crippen LogP contribution in [-0.2, 0) is 0 Å². The number of ether oxygens (including phenoxy) is 1. The van der Waals surface area contributed by atoms with Gasteiger partial charge in [-0.1, -0.05) is 33.6 Å². The maximum absolute atomic E-state index is 6.17. The van der Waals surface area contributed by atoms with Crippen molar-refractivity contribution in [2.45, 2.75) is 19.9 Å². The van der Waals surface area contributed by atoms with Gasteiger partial charge < -0.3 is 10.1 Å². The number of benzene rings is 2. The van der Waals surface area contributed by atoms with Gasteiger partial charge in [-0.15, -0.1) is 0 Å². The average Bonchev–Trinajstić information content (AvgIpc) is 2.45. The van der Waals surface area contributed by atoms with E-state index in [0.717, 1.165) is 15.8 Å². The van der Waals surface area contributed by atoms with Crippen LogP contribution in [0.5, 0.6) is 5.75 Å². The first kappa shape index (κ1) is 16.3. The standard InChI is InChI=1S/C17H19BrClNO/c1-10-8-15(18)11(2)7-13(10)17(20-3)14-9-12(19)5-6-16(14)21-4/h5-9,17,20H,1-4H3. The molecule has 1 unspecified atom stereocenters. The molecule has 2 rings (SSSR count). The van der Waals surface area contributed by atoms with E-state index in [9.17, 15) is 0 Å². The molecule has 0 saturated carbocycles. The minimum Gasteiger partial charge on any atom is -0.496 e. The van der Waals surface area contributed by atoms with Crippen molar-refractivity contribution in [3.8, 4) is 5.75 Å². The van der Waals surface area contributed by atoms with Gasteiger partial charge in [-0.3, -0.25) is 0 Å². The maximum atomic E-state index is 6.17. The third-order valence-corrected chi connectivity index (χ3v) is 4.74. The predicted octanol–water partition coefficient (Wildman–Crippen LogP) is 5.04. The van der Waals surface area contributed by atoms with Crippen molar-refractivity contribution in [1.29, 1.82) is 0 Å². The number of methoxy groups -OCH3 is 1. The van der Waals surface area contributed by atoms with Crippen molar-refractivity contribution in [2.24, 2.45) is 0 Å². The number of hydrogen-bond acceptors (Lipinski definition) is 2. The van der Waals surface area contributed by atoms with Crippen LogP contribution in [0.3, 0.4) is 0 Å². The van der Waals surface area contributed by atoms with E-state index in [1.54, 1.807) is 7.11 Å². The van der Waals surface area contributed by atoms with E-state index in [1.807, 2.05) is 25.2 Å². The second-order valence-electron chi connectivity index (χ2n) is 5.07. The molecular weight excluding hydrogens is 350 g/mol. The molecule has 0 aliphatic heterocycles. The third kappa shape index (κ3) is 3.42. The Bertz CT molecular complexity index is 657. The van der Waals surface area contributed by atoms with E-state index in [1.165, 1.54) is 16.7 Å². The lowest BCUT2D eigenvalue weighted by atomic mass is 9.93. The van der Waals surface area contributed by atoms with E-state index < -0.39 is 0 Å². The fourth-order valence-electron chi connectivity index (χ4n) is 2.52. The fraction of sp³-hybridized carbons (Fsp3) is 0.294. The van der Waals surface area contributed by atoms with Crippen LogP contribution in [0.1, 0.15) is 28.3 Å². The predicted molar refractivity (Wildman–Crippen MR) is 92.5 cm³/mol. The lowest BCUT2D eigenvalue weighted by Crippen LogP contribution is -2.19. The number of halogens is 2. The van der Waals surface area contributed by atoms with Gasteiger partial charge in [0, 0.05) is 15.1 Å². The van der Waals surface area contributed by atoms with Gasteiger partial charge in [-0.2, -0.15) is 0 Å². The lowest BCUT2D eigenvalue weighted by Gasteiger charge is -2.23. The van der Waals surface area contributed by atoms with E-state index in [-0.39, 0.29) is 6.04 Å². The van der Waals surface area contributed by atoms with Crippen LogP contribution in [0.25, 0.3) is 0 Å². The first-order valence-electron chi connectivity index (χ1n) is 6.75. The van der Waals surface area contributed by atoms with E-state index in [2.05, 4.69) is 47.2 Å². The Morgan fingerprint density at radius 3 is 2.43 bits per heavy atom. The molecule has 0 amide bonds. The van der Waals surface area contributed by atoms with Gasteiger partial charge in [-0.05, 0) is 61.9 Å². The van der Waals surface area contributed by atoms with Gasteiger partial charge in [0.05, 0.1) is 13.2 Å². The van der Waals surface area contributed by atoms with Crippen LogP contribution >= 0.6 is 27.5 Å². The Balaban J connectivity index is 2.59. The van der Waals surface area contributed by atoms with Crippen LogP contribution in [0.4, 0.5) is 0 Å². The Morgan fingerprint density at radius 2 is 1.81 bits per heavy atom. The van der Waals surface area contributed by atoms with Gasteiger partial charge in [0.1, 0.15) is 5.75 Å². The second-order valence-corrected chi connectivity index (χ2v) is 6.36. The summed E-state index contributed by atoms with van der Waals surface area (Å²) >= 11 is 9.75. The third-order valence-electron chi connectivity index (χ3n) is 3.65. The summed E-state index contributed by atoms with van der Waals surface area (Å²) in [5, 5.41) is 4.08. The number of hydrogen-bond donors (Lipinski definition) is 1. The highest BCUT2D eigenvalue weighted by atomic mass is 79.9. The summed E-state index contributed by atoms with van der Waals surface area (Å²) in [5.41, 5.74) is 4.68. The fourth-order valence-corrected chi connectivity index (χ4v) is 3.16. The molecule has 0 spiro atoms. The van der Waals surface area contributed by atoms with Gasteiger partial charge in [0.2, 0.25) is 0 Å². The van der Waals surface area contributed by atoms with Gasteiger partial charge >= 0.3 is 0 Å². The minimum atomic E-state index is 0.0328. The van der Waals surface area contributed by atoms with Crippen LogP contribution in [0, 0.1) is 13.8 Å². The summed E-state index contributed by atoms with van der Waals surface area (Å²) in [6, 6.07) is 10.1. The molecule has 21 heavy (non-hydrogen) atoms. The number of rotatable bonds is 4. The second kappa shape index (κ2) is 6.82. The average molecular weight is 369 g/mol. The Morgan fingerprint density at radius 1 is 1.10 bits per heavy atom. The Hall–Kier alpha value is -1.03. The molecule has 0 aliphatic rings. The molecular formula is C17H19BrClNO. The summed E-state index contributed by atoms with van der Waals surface area (Å²) in [6.45, 7) is 4.20. The summed E-state index contributed by atoms with van der Waals surface area (Å²) in [5.74, 6) is 0.832. The van der Waals surface area contributed by atoms with Crippen LogP contribution in [-0.4, -0.2) is 14.2 Å². The normalized spacial score (nSPS) is 12.3. The SMILES string of the molecule is CNC(c1cc(C)c(Br)cc1C)c1cc(Cl)ccc1OC. The highest BCUT2D eigenvalue weighted by Gasteiger charge is 2.19. The Kier molecular flexibility index (Phi) is 5.31. The van der Waals surface area contributed by atoms with E-state index in [0.29, 0.717) is 5.02 Å². The molecule has 4 heteroatoms. The molecule has 2 aromatic rings. The zero-order valence-corrected chi connectivity index (χ0v) is 15.0. The van der Waals surface area contributed by atoms with Crippen molar-refractivity contribution < 1.29 is 4.74 Å². The topological polar surface area (TPSA) is 21.3 Å². The molecule has 2 nitrogen and oxygen atoms in total. The van der Waals surface area contributed by atoms with E-state index >= 15 is 0 Å². The molecule has 0 heterocycles.